The van der Waals surface area contributed by atoms with Gasteiger partial charge in [0.25, 0.3) is 11.8 Å². The topological polar surface area (TPSA) is 88.4 Å². The van der Waals surface area contributed by atoms with Gasteiger partial charge < -0.3 is 10.6 Å². The molecule has 0 aliphatic carbocycles. The standard InChI is InChI=1S/C24H17N5O2S/c30-22(17-4-1-5-19(14-17)27-23(31)21-6-2-13-32-21)26-18-9-7-16(8-10-18)20-15-29-12-3-11-25-24(29)28-20/h1-15H,(H,26,30)(H,27,31). The van der Waals surface area contributed by atoms with E-state index in [4.69, 9.17) is 0 Å². The quantitative estimate of drug-likeness (QED) is 0.405. The first-order chi connectivity index (χ1) is 15.7. The number of fused-ring (bicyclic) bond motifs is 1. The lowest BCUT2D eigenvalue weighted by molar-refractivity contribution is 0.101. The number of hydrogen-bond acceptors (Lipinski definition) is 5. The second-order valence-corrected chi connectivity index (χ2v) is 7.94. The predicted octanol–water partition coefficient (Wildman–Crippen LogP) is 4.96. The van der Waals surface area contributed by atoms with Gasteiger partial charge in [0.1, 0.15) is 0 Å². The summed E-state index contributed by atoms with van der Waals surface area (Å²) in [6.07, 6.45) is 5.50. The van der Waals surface area contributed by atoms with E-state index in [1.807, 2.05) is 58.6 Å². The van der Waals surface area contributed by atoms with E-state index < -0.39 is 0 Å². The predicted molar refractivity (Wildman–Crippen MR) is 125 cm³/mol. The first-order valence-corrected chi connectivity index (χ1v) is 10.7. The molecular weight excluding hydrogens is 422 g/mol. The molecule has 0 unspecified atom stereocenters. The van der Waals surface area contributed by atoms with Crippen molar-refractivity contribution in [2.24, 2.45) is 0 Å². The maximum absolute atomic E-state index is 12.7. The molecule has 0 aliphatic rings. The molecule has 0 fully saturated rings. The summed E-state index contributed by atoms with van der Waals surface area (Å²) in [7, 11) is 0. The number of hydrogen-bond donors (Lipinski definition) is 2. The normalized spacial score (nSPS) is 10.8. The van der Waals surface area contributed by atoms with Crippen LogP contribution >= 0.6 is 11.3 Å². The van der Waals surface area contributed by atoms with Gasteiger partial charge in [-0.15, -0.1) is 11.3 Å². The molecule has 8 heteroatoms. The van der Waals surface area contributed by atoms with Crippen LogP contribution in [0, 0.1) is 0 Å². The number of nitrogens with one attached hydrogen (secondary N) is 2. The molecule has 2 amide bonds. The summed E-state index contributed by atoms with van der Waals surface area (Å²) in [5, 5.41) is 7.54. The van der Waals surface area contributed by atoms with E-state index >= 15 is 0 Å². The fourth-order valence-electron chi connectivity index (χ4n) is 3.24. The Kier molecular flexibility index (Phi) is 5.19. The molecule has 3 aromatic heterocycles. The highest BCUT2D eigenvalue weighted by atomic mass is 32.1. The Balaban J connectivity index is 1.28. The summed E-state index contributed by atoms with van der Waals surface area (Å²) in [5.74, 6) is 0.170. The molecule has 2 N–H and O–H groups in total. The number of aromatic nitrogens is 3. The Morgan fingerprint density at radius 2 is 1.72 bits per heavy atom. The van der Waals surface area contributed by atoms with E-state index in [0.29, 0.717) is 27.6 Å². The van der Waals surface area contributed by atoms with Crippen molar-refractivity contribution >= 4 is 40.3 Å². The molecule has 0 spiro atoms. The van der Waals surface area contributed by atoms with Crippen LogP contribution in [0.15, 0.2) is 90.7 Å². The molecule has 156 valence electrons. The zero-order valence-corrected chi connectivity index (χ0v) is 17.5. The Morgan fingerprint density at radius 3 is 2.50 bits per heavy atom. The highest BCUT2D eigenvalue weighted by molar-refractivity contribution is 7.12. The number of anilines is 2. The Hall–Kier alpha value is -4.30. The maximum atomic E-state index is 12.7. The molecular formula is C24H17N5O2S. The Labute approximate surface area is 187 Å². The zero-order chi connectivity index (χ0) is 21.9. The van der Waals surface area contributed by atoms with E-state index in [-0.39, 0.29) is 11.8 Å². The molecule has 0 bridgehead atoms. The van der Waals surface area contributed by atoms with Gasteiger partial charge in [0.05, 0.1) is 10.6 Å². The largest absolute Gasteiger partial charge is 0.322 e. The number of amides is 2. The summed E-state index contributed by atoms with van der Waals surface area (Å²) >= 11 is 1.36. The third kappa shape index (κ3) is 4.12. The number of rotatable bonds is 5. The first kappa shape index (κ1) is 19.7. The average molecular weight is 440 g/mol. The van der Waals surface area contributed by atoms with Crippen molar-refractivity contribution in [3.8, 4) is 11.3 Å². The number of benzene rings is 2. The smallest absolute Gasteiger partial charge is 0.265 e. The van der Waals surface area contributed by atoms with Crippen molar-refractivity contribution in [2.45, 2.75) is 0 Å². The second kappa shape index (κ2) is 8.44. The number of thiophene rings is 1. The molecule has 7 nitrogen and oxygen atoms in total. The zero-order valence-electron chi connectivity index (χ0n) is 16.7. The van der Waals surface area contributed by atoms with Crippen molar-refractivity contribution in [1.82, 2.24) is 14.4 Å². The van der Waals surface area contributed by atoms with Crippen molar-refractivity contribution in [3.05, 3.63) is 101 Å². The van der Waals surface area contributed by atoms with Gasteiger partial charge in [0.2, 0.25) is 5.78 Å². The highest BCUT2D eigenvalue weighted by Crippen LogP contribution is 2.22. The Morgan fingerprint density at radius 1 is 0.875 bits per heavy atom. The van der Waals surface area contributed by atoms with E-state index in [0.717, 1.165) is 11.3 Å². The fraction of sp³-hybridized carbons (Fsp3) is 0. The average Bonchev–Trinajstić information content (AvgIpc) is 3.50. The van der Waals surface area contributed by atoms with Crippen molar-refractivity contribution < 1.29 is 9.59 Å². The molecule has 0 aliphatic heterocycles. The van der Waals surface area contributed by atoms with Crippen molar-refractivity contribution in [3.63, 3.8) is 0 Å². The molecule has 0 atom stereocenters. The molecule has 0 saturated carbocycles. The second-order valence-electron chi connectivity index (χ2n) is 7.00. The van der Waals surface area contributed by atoms with Crippen LogP contribution in [0.4, 0.5) is 11.4 Å². The first-order valence-electron chi connectivity index (χ1n) is 9.82. The van der Waals surface area contributed by atoms with Crippen LogP contribution in [0.1, 0.15) is 20.0 Å². The van der Waals surface area contributed by atoms with Gasteiger partial charge in [-0.05, 0) is 47.8 Å². The summed E-state index contributed by atoms with van der Waals surface area (Å²) in [6.45, 7) is 0. The van der Waals surface area contributed by atoms with Crippen LogP contribution in [0.25, 0.3) is 17.0 Å². The van der Waals surface area contributed by atoms with E-state index in [2.05, 4.69) is 20.6 Å². The summed E-state index contributed by atoms with van der Waals surface area (Å²) in [5.41, 5.74) is 3.40. The van der Waals surface area contributed by atoms with E-state index in [9.17, 15) is 9.59 Å². The summed E-state index contributed by atoms with van der Waals surface area (Å²) in [4.78, 5) is 34.3. The van der Waals surface area contributed by atoms with Crippen molar-refractivity contribution in [1.29, 1.82) is 0 Å². The van der Waals surface area contributed by atoms with Gasteiger partial charge in [-0.3, -0.25) is 14.0 Å². The van der Waals surface area contributed by atoms with Gasteiger partial charge in [0, 0.05) is 41.1 Å². The van der Waals surface area contributed by atoms with Crippen LogP contribution in [-0.2, 0) is 0 Å². The molecule has 3 heterocycles. The van der Waals surface area contributed by atoms with E-state index in [1.165, 1.54) is 11.3 Å². The summed E-state index contributed by atoms with van der Waals surface area (Å²) in [6, 6.07) is 19.7. The van der Waals surface area contributed by atoms with E-state index in [1.54, 1.807) is 36.5 Å². The van der Waals surface area contributed by atoms with Crippen LogP contribution in [0.2, 0.25) is 0 Å². The van der Waals surface area contributed by atoms with Gasteiger partial charge >= 0.3 is 0 Å². The van der Waals surface area contributed by atoms with Crippen LogP contribution in [0.3, 0.4) is 0 Å². The molecule has 5 rings (SSSR count). The SMILES string of the molecule is O=C(Nc1ccc(-c2cn3cccnc3n2)cc1)c1cccc(NC(=O)c2cccs2)c1. The fourth-order valence-corrected chi connectivity index (χ4v) is 3.85. The number of carbonyl (C=O) groups is 2. The van der Waals surface area contributed by atoms with Crippen LogP contribution in [0.5, 0.6) is 0 Å². The molecule has 0 radical (unpaired) electrons. The monoisotopic (exact) mass is 439 g/mol. The van der Waals surface area contributed by atoms with Crippen LogP contribution in [-0.4, -0.2) is 26.2 Å². The lowest BCUT2D eigenvalue weighted by atomic mass is 10.1. The van der Waals surface area contributed by atoms with Gasteiger partial charge in [-0.25, -0.2) is 9.97 Å². The maximum Gasteiger partial charge on any atom is 0.265 e. The van der Waals surface area contributed by atoms with Gasteiger partial charge in [-0.2, -0.15) is 0 Å². The number of nitrogens with zero attached hydrogens (tertiary/aromatic N) is 3. The molecule has 2 aromatic carbocycles. The number of imidazole rings is 1. The van der Waals surface area contributed by atoms with Crippen LogP contribution < -0.4 is 10.6 Å². The number of carbonyl (C=O) groups excluding carboxylic acids is 2. The van der Waals surface area contributed by atoms with Gasteiger partial charge in [0.15, 0.2) is 0 Å². The third-order valence-electron chi connectivity index (χ3n) is 4.80. The summed E-state index contributed by atoms with van der Waals surface area (Å²) < 4.78 is 1.86. The van der Waals surface area contributed by atoms with Gasteiger partial charge in [-0.1, -0.05) is 24.3 Å². The molecule has 5 aromatic rings. The lowest BCUT2D eigenvalue weighted by Crippen LogP contribution is -2.14. The molecule has 0 saturated heterocycles. The van der Waals surface area contributed by atoms with Crippen molar-refractivity contribution in [2.75, 3.05) is 10.6 Å². The minimum Gasteiger partial charge on any atom is -0.322 e. The molecule has 32 heavy (non-hydrogen) atoms. The minimum atomic E-state index is -0.262. The lowest BCUT2D eigenvalue weighted by Gasteiger charge is -2.08. The highest BCUT2D eigenvalue weighted by Gasteiger charge is 2.11. The Bertz CT molecular complexity index is 1380. The minimum absolute atomic E-state index is 0.199. The third-order valence-corrected chi connectivity index (χ3v) is 5.67.